The maximum Gasteiger partial charge on any atom is 0.243 e. The fourth-order valence-corrected chi connectivity index (χ4v) is 6.04. The minimum Gasteiger partial charge on any atom is -0.383 e. The lowest BCUT2D eigenvalue weighted by atomic mass is 9.96. The van der Waals surface area contributed by atoms with E-state index in [1.807, 2.05) is 6.07 Å². The van der Waals surface area contributed by atoms with Gasteiger partial charge in [0.05, 0.1) is 5.69 Å². The molecule has 0 aliphatic carbocycles. The molecule has 0 spiro atoms. The molecule has 1 fully saturated rings. The first kappa shape index (κ1) is 23.6. The van der Waals surface area contributed by atoms with Crippen LogP contribution >= 0.6 is 0 Å². The summed E-state index contributed by atoms with van der Waals surface area (Å²) in [6.45, 7) is 4.82. The normalized spacial score (nSPS) is 19.4. The van der Waals surface area contributed by atoms with Crippen LogP contribution in [0, 0.1) is 5.92 Å². The molecule has 1 amide bonds. The van der Waals surface area contributed by atoms with Gasteiger partial charge in [-0.3, -0.25) is 4.79 Å². The van der Waals surface area contributed by atoms with Crippen LogP contribution in [0.1, 0.15) is 44.6 Å². The smallest absolute Gasteiger partial charge is 0.243 e. The number of nitrogens with zero attached hydrogens (tertiary/aromatic N) is 2. The molecular formula is C23H34N6O3S. The van der Waals surface area contributed by atoms with Gasteiger partial charge < -0.3 is 20.5 Å². The molecular weight excluding hydrogens is 440 g/mol. The number of nitrogens with one attached hydrogen (secondary N) is 4. The summed E-state index contributed by atoms with van der Waals surface area (Å²) in [6, 6.07) is 4.56. The number of rotatable bonds is 9. The Morgan fingerprint density at radius 2 is 2.09 bits per heavy atom. The van der Waals surface area contributed by atoms with Gasteiger partial charge in [-0.05, 0) is 56.1 Å². The van der Waals surface area contributed by atoms with Crippen molar-refractivity contribution in [3.63, 3.8) is 0 Å². The topological polar surface area (TPSA) is 119 Å². The SMILES string of the molecule is CC1CNc2c(cccc2S(=O)(=O)N[C@@H](CCCNc2ncc[nH]2)C(=O)N2CCCCC2)C1. The molecule has 1 unspecified atom stereocenters. The van der Waals surface area contributed by atoms with Crippen molar-refractivity contribution in [1.29, 1.82) is 0 Å². The van der Waals surface area contributed by atoms with Gasteiger partial charge in [0.1, 0.15) is 10.9 Å². The zero-order chi connectivity index (χ0) is 23.3. The van der Waals surface area contributed by atoms with Crippen molar-refractivity contribution in [3.8, 4) is 0 Å². The zero-order valence-electron chi connectivity index (χ0n) is 19.1. The van der Waals surface area contributed by atoms with Gasteiger partial charge in [0.15, 0.2) is 5.95 Å². The summed E-state index contributed by atoms with van der Waals surface area (Å²) in [4.78, 5) is 22.4. The molecule has 4 N–H and O–H groups in total. The summed E-state index contributed by atoms with van der Waals surface area (Å²) in [5, 5.41) is 6.45. The summed E-state index contributed by atoms with van der Waals surface area (Å²) in [5.41, 5.74) is 1.66. The zero-order valence-corrected chi connectivity index (χ0v) is 20.0. The quantitative estimate of drug-likeness (QED) is 0.415. The minimum absolute atomic E-state index is 0.136. The number of amides is 1. The molecule has 0 bridgehead atoms. The highest BCUT2D eigenvalue weighted by Crippen LogP contribution is 2.31. The number of anilines is 2. The van der Waals surface area contributed by atoms with Crippen molar-refractivity contribution in [3.05, 3.63) is 36.2 Å². The van der Waals surface area contributed by atoms with Crippen LogP contribution in [0.3, 0.4) is 0 Å². The number of sulfonamides is 1. The molecule has 1 aromatic heterocycles. The minimum atomic E-state index is -3.88. The highest BCUT2D eigenvalue weighted by molar-refractivity contribution is 7.89. The molecule has 3 heterocycles. The van der Waals surface area contributed by atoms with Gasteiger partial charge in [-0.25, -0.2) is 13.4 Å². The van der Waals surface area contributed by atoms with Crippen LogP contribution in [0.2, 0.25) is 0 Å². The Kier molecular flexibility index (Phi) is 7.54. The van der Waals surface area contributed by atoms with E-state index in [4.69, 9.17) is 0 Å². The molecule has 2 aliphatic heterocycles. The third-order valence-electron chi connectivity index (χ3n) is 6.32. The van der Waals surface area contributed by atoms with Crippen molar-refractivity contribution in [2.45, 2.75) is 56.4 Å². The number of fused-ring (bicyclic) bond motifs is 1. The first-order valence-corrected chi connectivity index (χ1v) is 13.3. The summed E-state index contributed by atoms with van der Waals surface area (Å²) < 4.78 is 29.7. The van der Waals surface area contributed by atoms with Crippen molar-refractivity contribution in [2.75, 3.05) is 36.8 Å². The van der Waals surface area contributed by atoms with E-state index in [1.54, 1.807) is 29.4 Å². The Bertz CT molecular complexity index is 1030. The van der Waals surface area contributed by atoms with Crippen LogP contribution in [0.15, 0.2) is 35.5 Å². The number of para-hydroxylation sites is 1. The van der Waals surface area contributed by atoms with Gasteiger partial charge in [-0.15, -0.1) is 0 Å². The van der Waals surface area contributed by atoms with E-state index in [0.29, 0.717) is 50.0 Å². The second-order valence-electron chi connectivity index (χ2n) is 9.05. The van der Waals surface area contributed by atoms with E-state index in [2.05, 4.69) is 32.2 Å². The monoisotopic (exact) mass is 474 g/mol. The summed E-state index contributed by atoms with van der Waals surface area (Å²) in [6.07, 6.45) is 8.27. The third kappa shape index (κ3) is 5.86. The lowest BCUT2D eigenvalue weighted by molar-refractivity contribution is -0.134. The predicted octanol–water partition coefficient (Wildman–Crippen LogP) is 2.57. The Morgan fingerprint density at radius 1 is 1.27 bits per heavy atom. The van der Waals surface area contributed by atoms with E-state index < -0.39 is 16.1 Å². The molecule has 2 atom stereocenters. The van der Waals surface area contributed by atoms with Crippen LogP contribution in [0.25, 0.3) is 0 Å². The van der Waals surface area contributed by atoms with Crippen LogP contribution in [-0.4, -0.2) is 61.4 Å². The highest BCUT2D eigenvalue weighted by atomic mass is 32.2. The molecule has 1 saturated heterocycles. The fourth-order valence-electron chi connectivity index (χ4n) is 4.59. The van der Waals surface area contributed by atoms with Crippen molar-refractivity contribution < 1.29 is 13.2 Å². The molecule has 10 heteroatoms. The Morgan fingerprint density at radius 3 is 2.85 bits per heavy atom. The number of piperidine rings is 1. The Balaban J connectivity index is 1.49. The second kappa shape index (κ2) is 10.6. The predicted molar refractivity (Wildman–Crippen MR) is 129 cm³/mol. The van der Waals surface area contributed by atoms with Crippen LogP contribution in [0.5, 0.6) is 0 Å². The molecule has 1 aromatic carbocycles. The first-order valence-electron chi connectivity index (χ1n) is 11.8. The molecule has 9 nitrogen and oxygen atoms in total. The number of likely N-dealkylation sites (tertiary alicyclic amines) is 1. The molecule has 0 radical (unpaired) electrons. The molecule has 2 aliphatic rings. The number of H-pyrrole nitrogens is 1. The molecule has 4 rings (SSSR count). The fraction of sp³-hybridized carbons (Fsp3) is 0.565. The standard InChI is InChI=1S/C23H34N6O3S/c1-17-15-18-7-5-9-20(21(18)27-16-17)33(31,32)28-19(22(30)29-13-3-2-4-14-29)8-6-10-24-23-25-11-12-26-23/h5,7,9,11-12,17,19,27-28H,2-4,6,8,10,13-16H2,1H3,(H2,24,25,26)/t17?,19-/m0/s1. The van der Waals surface area contributed by atoms with Crippen LogP contribution in [0.4, 0.5) is 11.6 Å². The molecule has 0 saturated carbocycles. The summed E-state index contributed by atoms with van der Waals surface area (Å²) in [5.74, 6) is 0.965. The van der Waals surface area contributed by atoms with Crippen LogP contribution < -0.4 is 15.4 Å². The second-order valence-corrected chi connectivity index (χ2v) is 10.7. The third-order valence-corrected chi connectivity index (χ3v) is 7.84. The van der Waals surface area contributed by atoms with E-state index in [9.17, 15) is 13.2 Å². The van der Waals surface area contributed by atoms with Gasteiger partial charge in [0.2, 0.25) is 15.9 Å². The van der Waals surface area contributed by atoms with Gasteiger partial charge in [-0.1, -0.05) is 19.1 Å². The lowest BCUT2D eigenvalue weighted by Crippen LogP contribution is -2.50. The number of carbonyl (C=O) groups is 1. The number of carbonyl (C=O) groups excluding carboxylic acids is 1. The molecule has 2 aromatic rings. The maximum atomic E-state index is 13.5. The van der Waals surface area contributed by atoms with Gasteiger partial charge in [0, 0.05) is 38.6 Å². The Labute approximate surface area is 195 Å². The average Bonchev–Trinajstić information content (AvgIpc) is 3.34. The maximum absolute atomic E-state index is 13.5. The lowest BCUT2D eigenvalue weighted by Gasteiger charge is -2.31. The van der Waals surface area contributed by atoms with Gasteiger partial charge >= 0.3 is 0 Å². The molecule has 33 heavy (non-hydrogen) atoms. The Hall–Kier alpha value is -2.59. The van der Waals surface area contributed by atoms with E-state index >= 15 is 0 Å². The number of imidazole rings is 1. The van der Waals surface area contributed by atoms with E-state index in [1.165, 1.54) is 0 Å². The van der Waals surface area contributed by atoms with Crippen molar-refractivity contribution in [2.24, 2.45) is 5.92 Å². The highest BCUT2D eigenvalue weighted by Gasteiger charge is 2.32. The summed E-state index contributed by atoms with van der Waals surface area (Å²) >= 11 is 0. The number of aromatic nitrogens is 2. The van der Waals surface area contributed by atoms with Gasteiger partial charge in [-0.2, -0.15) is 4.72 Å². The first-order chi connectivity index (χ1) is 15.9. The number of benzene rings is 1. The molecule has 180 valence electrons. The van der Waals surface area contributed by atoms with Gasteiger partial charge in [0.25, 0.3) is 0 Å². The number of hydrogen-bond donors (Lipinski definition) is 4. The number of aromatic amines is 1. The summed E-state index contributed by atoms with van der Waals surface area (Å²) in [7, 11) is -3.88. The number of hydrogen-bond acceptors (Lipinski definition) is 6. The van der Waals surface area contributed by atoms with E-state index in [-0.39, 0.29) is 10.8 Å². The van der Waals surface area contributed by atoms with Crippen LogP contribution in [-0.2, 0) is 21.2 Å². The average molecular weight is 475 g/mol. The largest absolute Gasteiger partial charge is 0.383 e. The van der Waals surface area contributed by atoms with Crippen molar-refractivity contribution in [1.82, 2.24) is 19.6 Å². The van der Waals surface area contributed by atoms with E-state index in [0.717, 1.165) is 37.8 Å². The van der Waals surface area contributed by atoms with Crippen molar-refractivity contribution >= 4 is 27.6 Å².